The van der Waals surface area contributed by atoms with Gasteiger partial charge in [-0.15, -0.1) is 6.58 Å². The molecule has 1 unspecified atom stereocenters. The van der Waals surface area contributed by atoms with Gasteiger partial charge in [-0.25, -0.2) is 0 Å². The Morgan fingerprint density at radius 3 is 3.23 bits per heavy atom. The number of nitrogens with one attached hydrogen (secondary N) is 2. The first-order valence-electron chi connectivity index (χ1n) is 4.55. The summed E-state index contributed by atoms with van der Waals surface area (Å²) in [6.07, 6.45) is 2.25. The largest absolute Gasteiger partial charge is 0.366 e. The first-order chi connectivity index (χ1) is 6.34. The minimum Gasteiger partial charge on any atom is -0.366 e. The number of carbonyl (C=O) groups excluding carboxylic acids is 1. The SMILES string of the molecule is C=CCCNC(=O)C1CNCCO1. The number of carbonyl (C=O) groups is 1. The van der Waals surface area contributed by atoms with Crippen molar-refractivity contribution in [3.63, 3.8) is 0 Å². The van der Waals surface area contributed by atoms with Gasteiger partial charge in [-0.2, -0.15) is 0 Å². The highest BCUT2D eigenvalue weighted by Gasteiger charge is 2.20. The van der Waals surface area contributed by atoms with Crippen LogP contribution in [0.4, 0.5) is 0 Å². The van der Waals surface area contributed by atoms with Gasteiger partial charge in [-0.3, -0.25) is 4.79 Å². The molecule has 2 N–H and O–H groups in total. The van der Waals surface area contributed by atoms with E-state index < -0.39 is 0 Å². The maximum atomic E-state index is 11.4. The number of hydrogen-bond acceptors (Lipinski definition) is 3. The lowest BCUT2D eigenvalue weighted by Gasteiger charge is -2.22. The summed E-state index contributed by atoms with van der Waals surface area (Å²) in [5.41, 5.74) is 0. The Hall–Kier alpha value is -0.870. The summed E-state index contributed by atoms with van der Waals surface area (Å²) in [6.45, 7) is 6.27. The van der Waals surface area contributed by atoms with Crippen LogP contribution in [-0.4, -0.2) is 38.3 Å². The minimum atomic E-state index is -0.321. The van der Waals surface area contributed by atoms with Gasteiger partial charge in [0.25, 0.3) is 0 Å². The molecule has 0 aromatic carbocycles. The van der Waals surface area contributed by atoms with E-state index in [1.807, 2.05) is 0 Å². The molecule has 1 amide bonds. The molecule has 0 spiro atoms. The van der Waals surface area contributed by atoms with Crippen molar-refractivity contribution in [3.05, 3.63) is 12.7 Å². The van der Waals surface area contributed by atoms with Crippen molar-refractivity contribution in [1.82, 2.24) is 10.6 Å². The second-order valence-electron chi connectivity index (χ2n) is 2.93. The van der Waals surface area contributed by atoms with Gasteiger partial charge in [0.15, 0.2) is 0 Å². The van der Waals surface area contributed by atoms with Gasteiger partial charge < -0.3 is 15.4 Å². The van der Waals surface area contributed by atoms with Crippen LogP contribution in [0, 0.1) is 0 Å². The molecule has 1 rings (SSSR count). The van der Waals surface area contributed by atoms with E-state index in [4.69, 9.17) is 4.74 Å². The van der Waals surface area contributed by atoms with Crippen molar-refractivity contribution in [2.45, 2.75) is 12.5 Å². The van der Waals surface area contributed by atoms with Crippen molar-refractivity contribution < 1.29 is 9.53 Å². The second kappa shape index (κ2) is 5.72. The zero-order chi connectivity index (χ0) is 9.52. The van der Waals surface area contributed by atoms with Crippen molar-refractivity contribution in [2.75, 3.05) is 26.2 Å². The van der Waals surface area contributed by atoms with Crippen LogP contribution in [0.3, 0.4) is 0 Å². The van der Waals surface area contributed by atoms with Crippen LogP contribution in [0.2, 0.25) is 0 Å². The Kier molecular flexibility index (Phi) is 4.49. The van der Waals surface area contributed by atoms with Gasteiger partial charge in [0.1, 0.15) is 6.10 Å². The molecule has 1 aliphatic rings. The van der Waals surface area contributed by atoms with Gasteiger partial charge in [-0.05, 0) is 6.42 Å². The molecule has 1 heterocycles. The molecule has 0 bridgehead atoms. The highest BCUT2D eigenvalue weighted by Crippen LogP contribution is 1.95. The maximum absolute atomic E-state index is 11.4. The van der Waals surface area contributed by atoms with Crippen molar-refractivity contribution in [1.29, 1.82) is 0 Å². The second-order valence-corrected chi connectivity index (χ2v) is 2.93. The van der Waals surface area contributed by atoms with E-state index in [9.17, 15) is 4.79 Å². The van der Waals surface area contributed by atoms with Crippen LogP contribution in [0.25, 0.3) is 0 Å². The molecular weight excluding hydrogens is 168 g/mol. The Bertz CT molecular complexity index is 176. The lowest BCUT2D eigenvalue weighted by atomic mass is 10.3. The molecule has 1 atom stereocenters. The van der Waals surface area contributed by atoms with Crippen LogP contribution in [0.1, 0.15) is 6.42 Å². The molecule has 0 radical (unpaired) electrons. The third-order valence-electron chi connectivity index (χ3n) is 1.87. The molecule has 0 aromatic rings. The summed E-state index contributed by atoms with van der Waals surface area (Å²) in [6, 6.07) is 0. The smallest absolute Gasteiger partial charge is 0.250 e. The molecule has 4 heteroatoms. The summed E-state index contributed by atoms with van der Waals surface area (Å²) >= 11 is 0. The molecule has 1 aliphatic heterocycles. The van der Waals surface area contributed by atoms with E-state index in [1.54, 1.807) is 6.08 Å². The predicted octanol–water partition coefficient (Wildman–Crippen LogP) is -0.333. The zero-order valence-electron chi connectivity index (χ0n) is 7.71. The Labute approximate surface area is 78.3 Å². The number of morpholine rings is 1. The average Bonchev–Trinajstić information content (AvgIpc) is 2.19. The third kappa shape index (κ3) is 3.57. The molecule has 0 aliphatic carbocycles. The van der Waals surface area contributed by atoms with Gasteiger partial charge in [0, 0.05) is 19.6 Å². The monoisotopic (exact) mass is 184 g/mol. The van der Waals surface area contributed by atoms with Crippen LogP contribution in [-0.2, 0) is 9.53 Å². The Balaban J connectivity index is 2.17. The van der Waals surface area contributed by atoms with Gasteiger partial charge >= 0.3 is 0 Å². The van der Waals surface area contributed by atoms with E-state index in [0.29, 0.717) is 19.7 Å². The van der Waals surface area contributed by atoms with Gasteiger partial charge in [0.05, 0.1) is 6.61 Å². The van der Waals surface area contributed by atoms with E-state index in [1.165, 1.54) is 0 Å². The number of hydrogen-bond donors (Lipinski definition) is 2. The Morgan fingerprint density at radius 1 is 1.77 bits per heavy atom. The minimum absolute atomic E-state index is 0.0333. The van der Waals surface area contributed by atoms with Crippen molar-refractivity contribution >= 4 is 5.91 Å². The van der Waals surface area contributed by atoms with Crippen LogP contribution < -0.4 is 10.6 Å². The number of amides is 1. The third-order valence-corrected chi connectivity index (χ3v) is 1.87. The van der Waals surface area contributed by atoms with Crippen LogP contribution in [0.15, 0.2) is 12.7 Å². The summed E-state index contributed by atoms with van der Waals surface area (Å²) in [5, 5.41) is 5.88. The number of ether oxygens (including phenoxy) is 1. The number of rotatable bonds is 4. The van der Waals surface area contributed by atoms with E-state index in [0.717, 1.165) is 13.0 Å². The molecule has 0 aromatic heterocycles. The quantitative estimate of drug-likeness (QED) is 0.464. The Morgan fingerprint density at radius 2 is 2.62 bits per heavy atom. The van der Waals surface area contributed by atoms with Gasteiger partial charge in [-0.1, -0.05) is 6.08 Å². The van der Waals surface area contributed by atoms with Crippen LogP contribution in [0.5, 0.6) is 0 Å². The fourth-order valence-corrected chi connectivity index (χ4v) is 1.15. The fraction of sp³-hybridized carbons (Fsp3) is 0.667. The van der Waals surface area contributed by atoms with Gasteiger partial charge in [0.2, 0.25) is 5.91 Å². The predicted molar refractivity (Wildman–Crippen MR) is 50.4 cm³/mol. The molecule has 1 saturated heterocycles. The van der Waals surface area contributed by atoms with Crippen molar-refractivity contribution in [2.24, 2.45) is 0 Å². The highest BCUT2D eigenvalue weighted by molar-refractivity contribution is 5.81. The standard InChI is InChI=1S/C9H16N2O2/c1-2-3-4-11-9(12)8-7-10-5-6-13-8/h2,8,10H,1,3-7H2,(H,11,12). The molecule has 4 nitrogen and oxygen atoms in total. The zero-order valence-corrected chi connectivity index (χ0v) is 7.71. The van der Waals surface area contributed by atoms with E-state index in [2.05, 4.69) is 17.2 Å². The summed E-state index contributed by atoms with van der Waals surface area (Å²) in [7, 11) is 0. The summed E-state index contributed by atoms with van der Waals surface area (Å²) in [4.78, 5) is 11.4. The molecule has 1 fully saturated rings. The van der Waals surface area contributed by atoms with Crippen molar-refractivity contribution in [3.8, 4) is 0 Å². The topological polar surface area (TPSA) is 50.4 Å². The molecule has 74 valence electrons. The summed E-state index contributed by atoms with van der Waals surface area (Å²) < 4.78 is 5.27. The summed E-state index contributed by atoms with van der Waals surface area (Å²) in [5.74, 6) is -0.0333. The molecular formula is C9H16N2O2. The van der Waals surface area contributed by atoms with Crippen LogP contribution >= 0.6 is 0 Å². The molecule has 13 heavy (non-hydrogen) atoms. The normalized spacial score (nSPS) is 22.3. The lowest BCUT2D eigenvalue weighted by molar-refractivity contribution is -0.134. The average molecular weight is 184 g/mol. The fourth-order valence-electron chi connectivity index (χ4n) is 1.15. The van der Waals surface area contributed by atoms with E-state index in [-0.39, 0.29) is 12.0 Å². The first-order valence-corrected chi connectivity index (χ1v) is 4.55. The lowest BCUT2D eigenvalue weighted by Crippen LogP contribution is -2.47. The van der Waals surface area contributed by atoms with E-state index >= 15 is 0 Å². The highest BCUT2D eigenvalue weighted by atomic mass is 16.5. The maximum Gasteiger partial charge on any atom is 0.250 e. The first kappa shape index (κ1) is 10.2. The molecule has 0 saturated carbocycles.